The van der Waals surface area contributed by atoms with Gasteiger partial charge in [0.05, 0.1) is 10.6 Å². The van der Waals surface area contributed by atoms with Crippen LogP contribution in [0.15, 0.2) is 18.2 Å². The highest BCUT2D eigenvalue weighted by Crippen LogP contribution is 2.29. The van der Waals surface area contributed by atoms with E-state index in [2.05, 4.69) is 0 Å². The SMILES string of the molecule is NCC1CC(=O)N(c2ccc(C(=O)O)c([N+](=O)[O-])c2)C1. The average Bonchev–Trinajstić information content (AvgIpc) is 2.79. The Balaban J connectivity index is 2.39. The van der Waals surface area contributed by atoms with Gasteiger partial charge in [-0.05, 0) is 24.6 Å². The van der Waals surface area contributed by atoms with Gasteiger partial charge in [-0.25, -0.2) is 4.79 Å². The molecular formula is C12H13N3O5. The molecule has 1 heterocycles. The highest BCUT2D eigenvalue weighted by atomic mass is 16.6. The molecule has 0 radical (unpaired) electrons. The summed E-state index contributed by atoms with van der Waals surface area (Å²) in [6, 6.07) is 3.65. The Kier molecular flexibility index (Phi) is 3.66. The number of carboxylic acids is 1. The van der Waals surface area contributed by atoms with Gasteiger partial charge in [0.1, 0.15) is 5.56 Å². The summed E-state index contributed by atoms with van der Waals surface area (Å²) in [4.78, 5) is 34.3. The molecule has 1 atom stereocenters. The van der Waals surface area contributed by atoms with Gasteiger partial charge in [-0.1, -0.05) is 0 Å². The standard InChI is InChI=1S/C12H13N3O5/c13-5-7-3-11(16)14(6-7)8-1-2-9(12(17)18)10(4-8)15(19)20/h1-2,4,7H,3,5-6,13H2,(H,17,18). The van der Waals surface area contributed by atoms with E-state index < -0.39 is 22.1 Å². The van der Waals surface area contributed by atoms with Gasteiger partial charge in [-0.2, -0.15) is 0 Å². The number of anilines is 1. The third-order valence-electron chi connectivity index (χ3n) is 3.26. The molecule has 1 amide bonds. The molecule has 8 heteroatoms. The Morgan fingerprint density at radius 2 is 2.25 bits per heavy atom. The number of carbonyl (C=O) groups excluding carboxylic acids is 1. The first-order valence-electron chi connectivity index (χ1n) is 5.96. The van der Waals surface area contributed by atoms with Crippen LogP contribution in [0, 0.1) is 16.0 Å². The molecule has 1 aliphatic rings. The summed E-state index contributed by atoms with van der Waals surface area (Å²) >= 11 is 0. The van der Waals surface area contributed by atoms with Crippen LogP contribution >= 0.6 is 0 Å². The van der Waals surface area contributed by atoms with E-state index in [-0.39, 0.29) is 11.8 Å². The fourth-order valence-electron chi connectivity index (χ4n) is 2.21. The fraction of sp³-hybridized carbons (Fsp3) is 0.333. The largest absolute Gasteiger partial charge is 0.477 e. The van der Waals surface area contributed by atoms with Gasteiger partial charge in [-0.15, -0.1) is 0 Å². The molecule has 0 bridgehead atoms. The van der Waals surface area contributed by atoms with Crippen molar-refractivity contribution in [2.24, 2.45) is 11.7 Å². The van der Waals surface area contributed by atoms with Gasteiger partial charge in [0.25, 0.3) is 5.69 Å². The van der Waals surface area contributed by atoms with Crippen molar-refractivity contribution < 1.29 is 19.6 Å². The predicted molar refractivity (Wildman–Crippen MR) is 69.6 cm³/mol. The Hall–Kier alpha value is -2.48. The number of carbonyl (C=O) groups is 2. The molecule has 1 aromatic rings. The van der Waals surface area contributed by atoms with Crippen molar-refractivity contribution in [2.45, 2.75) is 6.42 Å². The number of hydrogen-bond acceptors (Lipinski definition) is 5. The minimum atomic E-state index is -1.38. The molecule has 1 aliphatic heterocycles. The third kappa shape index (κ3) is 2.45. The van der Waals surface area contributed by atoms with Crippen LogP contribution in [0.5, 0.6) is 0 Å². The van der Waals surface area contributed by atoms with Crippen molar-refractivity contribution in [1.82, 2.24) is 0 Å². The second kappa shape index (κ2) is 5.25. The third-order valence-corrected chi connectivity index (χ3v) is 3.26. The van der Waals surface area contributed by atoms with Gasteiger partial charge in [0, 0.05) is 19.0 Å². The van der Waals surface area contributed by atoms with Crippen LogP contribution in [0.3, 0.4) is 0 Å². The van der Waals surface area contributed by atoms with Gasteiger partial charge < -0.3 is 15.7 Å². The number of nitro benzene ring substituents is 1. The lowest BCUT2D eigenvalue weighted by Gasteiger charge is -2.16. The quantitative estimate of drug-likeness (QED) is 0.614. The fourth-order valence-corrected chi connectivity index (χ4v) is 2.21. The zero-order valence-electron chi connectivity index (χ0n) is 10.5. The summed E-state index contributed by atoms with van der Waals surface area (Å²) < 4.78 is 0. The van der Waals surface area contributed by atoms with Crippen LogP contribution < -0.4 is 10.6 Å². The molecule has 0 aliphatic carbocycles. The maximum atomic E-state index is 11.8. The van der Waals surface area contributed by atoms with Crippen molar-refractivity contribution in [2.75, 3.05) is 18.0 Å². The smallest absolute Gasteiger partial charge is 0.342 e. The zero-order valence-corrected chi connectivity index (χ0v) is 10.5. The van der Waals surface area contributed by atoms with Crippen LogP contribution in [-0.4, -0.2) is 35.0 Å². The van der Waals surface area contributed by atoms with E-state index in [9.17, 15) is 19.7 Å². The van der Waals surface area contributed by atoms with E-state index in [1.807, 2.05) is 0 Å². The summed E-state index contributed by atoms with van der Waals surface area (Å²) in [6.45, 7) is 0.746. The van der Waals surface area contributed by atoms with E-state index in [0.717, 1.165) is 12.1 Å². The topological polar surface area (TPSA) is 127 Å². The van der Waals surface area contributed by atoms with Crippen LogP contribution in [0.4, 0.5) is 11.4 Å². The van der Waals surface area contributed by atoms with Crippen molar-refractivity contribution in [3.05, 3.63) is 33.9 Å². The second-order valence-electron chi connectivity index (χ2n) is 4.57. The van der Waals surface area contributed by atoms with Crippen LogP contribution in [0.25, 0.3) is 0 Å². The highest BCUT2D eigenvalue weighted by molar-refractivity contribution is 5.98. The maximum absolute atomic E-state index is 11.8. The van der Waals surface area contributed by atoms with E-state index in [0.29, 0.717) is 25.2 Å². The summed E-state index contributed by atoms with van der Waals surface area (Å²) in [7, 11) is 0. The molecule has 1 saturated heterocycles. The Bertz CT molecular complexity index is 586. The molecule has 1 fully saturated rings. The first kappa shape index (κ1) is 13.9. The number of benzene rings is 1. The van der Waals surface area contributed by atoms with Gasteiger partial charge in [-0.3, -0.25) is 14.9 Å². The van der Waals surface area contributed by atoms with Gasteiger partial charge >= 0.3 is 5.97 Å². The maximum Gasteiger partial charge on any atom is 0.342 e. The van der Waals surface area contributed by atoms with Gasteiger partial charge in [0.15, 0.2) is 0 Å². The van der Waals surface area contributed by atoms with E-state index in [4.69, 9.17) is 10.8 Å². The first-order chi connectivity index (χ1) is 9.43. The molecule has 0 aromatic heterocycles. The average molecular weight is 279 g/mol. The lowest BCUT2D eigenvalue weighted by Crippen LogP contribution is -2.25. The Labute approximate surface area is 113 Å². The molecular weight excluding hydrogens is 266 g/mol. The number of nitro groups is 1. The molecule has 2 rings (SSSR count). The van der Waals surface area contributed by atoms with Crippen LogP contribution in [0.1, 0.15) is 16.8 Å². The van der Waals surface area contributed by atoms with Crippen molar-refractivity contribution >= 4 is 23.3 Å². The number of rotatable bonds is 4. The molecule has 1 unspecified atom stereocenters. The number of amides is 1. The summed E-state index contributed by atoms with van der Waals surface area (Å²) in [5.41, 5.74) is 4.90. The van der Waals surface area contributed by atoms with E-state index >= 15 is 0 Å². The molecule has 3 N–H and O–H groups in total. The molecule has 0 saturated carbocycles. The van der Waals surface area contributed by atoms with E-state index in [1.54, 1.807) is 0 Å². The Morgan fingerprint density at radius 3 is 2.75 bits per heavy atom. The number of hydrogen-bond donors (Lipinski definition) is 2. The number of nitrogens with two attached hydrogens (primary N) is 1. The predicted octanol–water partition coefficient (Wildman–Crippen LogP) is 0.605. The summed E-state index contributed by atoms with van der Waals surface area (Å²) in [5, 5.41) is 19.8. The minimum absolute atomic E-state index is 0.0145. The van der Waals surface area contributed by atoms with Crippen LogP contribution in [0.2, 0.25) is 0 Å². The lowest BCUT2D eigenvalue weighted by molar-refractivity contribution is -0.385. The number of carboxylic acid groups (broad SMARTS) is 1. The molecule has 1 aromatic carbocycles. The van der Waals surface area contributed by atoms with Crippen LogP contribution in [-0.2, 0) is 4.79 Å². The van der Waals surface area contributed by atoms with E-state index in [1.165, 1.54) is 11.0 Å². The molecule has 106 valence electrons. The van der Waals surface area contributed by atoms with Gasteiger partial charge in [0.2, 0.25) is 5.91 Å². The zero-order chi connectivity index (χ0) is 14.9. The monoisotopic (exact) mass is 279 g/mol. The molecule has 0 spiro atoms. The lowest BCUT2D eigenvalue weighted by atomic mass is 10.1. The second-order valence-corrected chi connectivity index (χ2v) is 4.57. The van der Waals surface area contributed by atoms with Crippen molar-refractivity contribution in [1.29, 1.82) is 0 Å². The van der Waals surface area contributed by atoms with Crippen molar-refractivity contribution in [3.8, 4) is 0 Å². The number of aromatic carboxylic acids is 1. The highest BCUT2D eigenvalue weighted by Gasteiger charge is 2.31. The summed E-state index contributed by atoms with van der Waals surface area (Å²) in [5.74, 6) is -1.53. The Morgan fingerprint density at radius 1 is 1.55 bits per heavy atom. The molecule has 20 heavy (non-hydrogen) atoms. The normalized spacial score (nSPS) is 18.4. The first-order valence-corrected chi connectivity index (χ1v) is 5.96. The number of nitrogens with zero attached hydrogens (tertiary/aromatic N) is 2. The van der Waals surface area contributed by atoms with Crippen molar-refractivity contribution in [3.63, 3.8) is 0 Å². The molecule has 8 nitrogen and oxygen atoms in total. The minimum Gasteiger partial charge on any atom is -0.477 e. The summed E-state index contributed by atoms with van der Waals surface area (Å²) in [6.07, 6.45) is 0.297.